The minimum Gasteiger partial charge on any atom is -0.0811 e. The molecule has 0 amide bonds. The molecule has 11 heavy (non-hydrogen) atoms. The number of hydrogen-bond acceptors (Lipinski definition) is 0. The Kier molecular flexibility index (Phi) is 2.92. The van der Waals surface area contributed by atoms with Crippen LogP contribution in [-0.2, 0) is 0 Å². The van der Waals surface area contributed by atoms with E-state index in [4.69, 9.17) is 0 Å². The molecule has 0 fully saturated rings. The Balaban J connectivity index is 2.55. The van der Waals surface area contributed by atoms with E-state index in [0.29, 0.717) is 0 Å². The molecule has 1 aliphatic carbocycles. The molecule has 0 saturated heterocycles. The predicted octanol–water partition coefficient (Wildman–Crippen LogP) is 3.70. The third-order valence-corrected chi connectivity index (χ3v) is 2.18. The Labute approximate surface area is 70.0 Å². The van der Waals surface area contributed by atoms with Gasteiger partial charge in [0.25, 0.3) is 0 Å². The van der Waals surface area contributed by atoms with E-state index in [1.165, 1.54) is 24.8 Å². The van der Waals surface area contributed by atoms with Crippen LogP contribution in [0.5, 0.6) is 0 Å². The molecular formula is C11H18. The van der Waals surface area contributed by atoms with Crippen molar-refractivity contribution in [3.8, 4) is 0 Å². The summed E-state index contributed by atoms with van der Waals surface area (Å²) in [6, 6.07) is 0. The first kappa shape index (κ1) is 8.58. The van der Waals surface area contributed by atoms with Gasteiger partial charge in [0.1, 0.15) is 0 Å². The van der Waals surface area contributed by atoms with Gasteiger partial charge in [0.2, 0.25) is 0 Å². The molecule has 0 spiro atoms. The normalized spacial score (nSPS) is 24.3. The summed E-state index contributed by atoms with van der Waals surface area (Å²) in [6.07, 6.45) is 8.63. The summed E-state index contributed by atoms with van der Waals surface area (Å²) in [4.78, 5) is 0. The Morgan fingerprint density at radius 1 is 1.55 bits per heavy atom. The van der Waals surface area contributed by atoms with Crippen molar-refractivity contribution in [3.05, 3.63) is 23.3 Å². The summed E-state index contributed by atoms with van der Waals surface area (Å²) in [5.74, 6) is 0.907. The molecule has 0 N–H and O–H groups in total. The number of allylic oxidation sites excluding steroid dienone is 4. The molecule has 0 nitrogen and oxygen atoms in total. The maximum absolute atomic E-state index is 2.39. The van der Waals surface area contributed by atoms with Gasteiger partial charge in [0.15, 0.2) is 0 Å². The van der Waals surface area contributed by atoms with Crippen LogP contribution in [0.15, 0.2) is 23.3 Å². The van der Waals surface area contributed by atoms with E-state index in [9.17, 15) is 0 Å². The van der Waals surface area contributed by atoms with Crippen LogP contribution in [0.1, 0.15) is 40.0 Å². The molecule has 1 rings (SSSR count). The summed E-state index contributed by atoms with van der Waals surface area (Å²) in [5.41, 5.74) is 2.97. The fourth-order valence-electron chi connectivity index (χ4n) is 1.49. The zero-order valence-electron chi connectivity index (χ0n) is 7.85. The van der Waals surface area contributed by atoms with Gasteiger partial charge in [-0.1, -0.05) is 30.2 Å². The molecule has 0 saturated carbocycles. The first-order chi connectivity index (χ1) is 5.18. The second-order valence-electron chi connectivity index (χ2n) is 3.88. The quantitative estimate of drug-likeness (QED) is 0.534. The first-order valence-electron chi connectivity index (χ1n) is 4.52. The summed E-state index contributed by atoms with van der Waals surface area (Å²) in [7, 11) is 0. The van der Waals surface area contributed by atoms with E-state index in [1.807, 2.05) is 0 Å². The van der Waals surface area contributed by atoms with Crippen LogP contribution < -0.4 is 0 Å². The standard InChI is InChI=1S/C11H18/c1-9(2)8-11-6-4-10(3)5-7-11/h6,8,10H,4-5,7H2,1-3H3. The molecule has 0 bridgehead atoms. The maximum Gasteiger partial charge on any atom is -0.0279 e. The molecule has 0 radical (unpaired) electrons. The van der Waals surface area contributed by atoms with Gasteiger partial charge in [-0.3, -0.25) is 0 Å². The Bertz CT molecular complexity index is 180. The average molecular weight is 150 g/mol. The Morgan fingerprint density at radius 2 is 2.27 bits per heavy atom. The molecular weight excluding hydrogens is 132 g/mol. The van der Waals surface area contributed by atoms with Crippen LogP contribution in [-0.4, -0.2) is 0 Å². The second-order valence-corrected chi connectivity index (χ2v) is 3.88. The molecule has 0 aromatic heterocycles. The van der Waals surface area contributed by atoms with Gasteiger partial charge in [0.05, 0.1) is 0 Å². The summed E-state index contributed by atoms with van der Waals surface area (Å²) in [6.45, 7) is 6.66. The van der Waals surface area contributed by atoms with Crippen molar-refractivity contribution in [1.82, 2.24) is 0 Å². The van der Waals surface area contributed by atoms with Gasteiger partial charge >= 0.3 is 0 Å². The molecule has 0 aliphatic heterocycles. The van der Waals surface area contributed by atoms with Crippen LogP contribution in [0.4, 0.5) is 0 Å². The van der Waals surface area contributed by atoms with Crippen molar-refractivity contribution in [2.24, 2.45) is 5.92 Å². The number of hydrogen-bond donors (Lipinski definition) is 0. The van der Waals surface area contributed by atoms with Crippen molar-refractivity contribution in [1.29, 1.82) is 0 Å². The Hall–Kier alpha value is -0.520. The largest absolute Gasteiger partial charge is 0.0811 e. The van der Waals surface area contributed by atoms with Gasteiger partial charge in [-0.05, 0) is 39.0 Å². The van der Waals surface area contributed by atoms with Crippen molar-refractivity contribution in [2.45, 2.75) is 40.0 Å². The molecule has 0 heteroatoms. The fourth-order valence-corrected chi connectivity index (χ4v) is 1.49. The van der Waals surface area contributed by atoms with Crippen molar-refractivity contribution in [2.75, 3.05) is 0 Å². The van der Waals surface area contributed by atoms with Gasteiger partial charge in [-0.2, -0.15) is 0 Å². The SMILES string of the molecule is CC(C)=CC1=CCC(C)CC1. The minimum absolute atomic E-state index is 0.907. The fraction of sp³-hybridized carbons (Fsp3) is 0.636. The van der Waals surface area contributed by atoms with Crippen molar-refractivity contribution in [3.63, 3.8) is 0 Å². The highest BCUT2D eigenvalue weighted by molar-refractivity contribution is 5.23. The highest BCUT2D eigenvalue weighted by Gasteiger charge is 2.07. The molecule has 1 unspecified atom stereocenters. The minimum atomic E-state index is 0.907. The van der Waals surface area contributed by atoms with Gasteiger partial charge in [-0.25, -0.2) is 0 Å². The summed E-state index contributed by atoms with van der Waals surface area (Å²) in [5, 5.41) is 0. The topological polar surface area (TPSA) is 0 Å². The zero-order valence-corrected chi connectivity index (χ0v) is 7.85. The molecule has 1 atom stereocenters. The molecule has 1 aliphatic rings. The lowest BCUT2D eigenvalue weighted by Gasteiger charge is -2.15. The summed E-state index contributed by atoms with van der Waals surface area (Å²) >= 11 is 0. The van der Waals surface area contributed by atoms with Crippen LogP contribution >= 0.6 is 0 Å². The van der Waals surface area contributed by atoms with E-state index in [2.05, 4.69) is 32.9 Å². The lowest BCUT2D eigenvalue weighted by atomic mass is 9.90. The molecule has 0 aromatic rings. The zero-order chi connectivity index (χ0) is 8.27. The van der Waals surface area contributed by atoms with E-state index < -0.39 is 0 Å². The van der Waals surface area contributed by atoms with Crippen LogP contribution in [0, 0.1) is 5.92 Å². The highest BCUT2D eigenvalue weighted by Crippen LogP contribution is 2.23. The molecule has 62 valence electrons. The lowest BCUT2D eigenvalue weighted by molar-refractivity contribution is 0.518. The second kappa shape index (κ2) is 3.75. The monoisotopic (exact) mass is 150 g/mol. The first-order valence-corrected chi connectivity index (χ1v) is 4.52. The van der Waals surface area contributed by atoms with E-state index in [0.717, 1.165) is 5.92 Å². The molecule has 0 aromatic carbocycles. The van der Waals surface area contributed by atoms with Crippen molar-refractivity contribution < 1.29 is 0 Å². The Morgan fingerprint density at radius 3 is 2.73 bits per heavy atom. The molecule has 0 heterocycles. The number of rotatable bonds is 1. The maximum atomic E-state index is 2.39. The third kappa shape index (κ3) is 2.92. The highest BCUT2D eigenvalue weighted by atomic mass is 14.1. The van der Waals surface area contributed by atoms with E-state index >= 15 is 0 Å². The van der Waals surface area contributed by atoms with E-state index in [-0.39, 0.29) is 0 Å². The van der Waals surface area contributed by atoms with Crippen LogP contribution in [0.25, 0.3) is 0 Å². The smallest absolute Gasteiger partial charge is 0.0279 e. The van der Waals surface area contributed by atoms with E-state index in [1.54, 1.807) is 5.57 Å². The third-order valence-electron chi connectivity index (χ3n) is 2.18. The predicted molar refractivity (Wildman–Crippen MR) is 50.5 cm³/mol. The van der Waals surface area contributed by atoms with Crippen LogP contribution in [0.3, 0.4) is 0 Å². The van der Waals surface area contributed by atoms with Crippen molar-refractivity contribution >= 4 is 0 Å². The average Bonchev–Trinajstić information content (AvgIpc) is 1.93. The van der Waals surface area contributed by atoms with Gasteiger partial charge < -0.3 is 0 Å². The lowest BCUT2D eigenvalue weighted by Crippen LogP contribution is -1.99. The van der Waals surface area contributed by atoms with Crippen LogP contribution in [0.2, 0.25) is 0 Å². The van der Waals surface area contributed by atoms with Gasteiger partial charge in [0, 0.05) is 0 Å². The van der Waals surface area contributed by atoms with Gasteiger partial charge in [-0.15, -0.1) is 0 Å². The summed E-state index contributed by atoms with van der Waals surface area (Å²) < 4.78 is 0.